The maximum absolute atomic E-state index is 11.1. The van der Waals surface area contributed by atoms with Crippen LogP contribution in [0.15, 0.2) is 0 Å². The highest BCUT2D eigenvalue weighted by atomic mass is 32.2. The van der Waals surface area contributed by atoms with Crippen LogP contribution in [-0.2, 0) is 9.73 Å². The molecule has 1 aliphatic rings. The molecule has 0 aromatic rings. The highest BCUT2D eigenvalue weighted by molar-refractivity contribution is 7.92. The lowest BCUT2D eigenvalue weighted by atomic mass is 10.0. The minimum absolute atomic E-state index is 0.644. The predicted molar refractivity (Wildman–Crippen MR) is 43.6 cm³/mol. The van der Waals surface area contributed by atoms with E-state index in [0.717, 1.165) is 18.8 Å². The van der Waals surface area contributed by atoms with Crippen LogP contribution in [0.4, 0.5) is 0 Å². The van der Waals surface area contributed by atoms with Gasteiger partial charge < -0.3 is 0 Å². The van der Waals surface area contributed by atoms with Crippen molar-refractivity contribution >= 4 is 9.73 Å². The third-order valence-corrected chi connectivity index (χ3v) is 4.08. The monoisotopic (exact) mass is 161 g/mol. The van der Waals surface area contributed by atoms with E-state index < -0.39 is 9.73 Å². The molecule has 1 aliphatic heterocycles. The average Bonchev–Trinajstić information content (AvgIpc) is 1.88. The molecular weight excluding hydrogens is 146 g/mol. The maximum Gasteiger partial charge on any atom is 0.0441 e. The van der Waals surface area contributed by atoms with Gasteiger partial charge in [-0.15, -0.1) is 0 Å². The second-order valence-electron chi connectivity index (χ2n) is 3.07. The van der Waals surface area contributed by atoms with Gasteiger partial charge in [0.05, 0.1) is 0 Å². The lowest BCUT2D eigenvalue weighted by molar-refractivity contribution is 0.464. The number of nitrogens with one attached hydrogen (secondary N) is 1. The van der Waals surface area contributed by atoms with E-state index in [4.69, 9.17) is 4.78 Å². The Balaban J connectivity index is 2.46. The van der Waals surface area contributed by atoms with Gasteiger partial charge in [0.15, 0.2) is 0 Å². The molecule has 1 saturated heterocycles. The Hall–Kier alpha value is -0.0500. The summed E-state index contributed by atoms with van der Waals surface area (Å²) in [4.78, 5) is 0. The first kappa shape index (κ1) is 8.05. The fourth-order valence-electron chi connectivity index (χ4n) is 1.37. The zero-order valence-corrected chi connectivity index (χ0v) is 7.25. The molecule has 0 bridgehead atoms. The average molecular weight is 161 g/mol. The summed E-state index contributed by atoms with van der Waals surface area (Å²) in [6.45, 7) is 2.17. The molecule has 0 aromatic heterocycles. The van der Waals surface area contributed by atoms with Crippen LogP contribution in [0, 0.1) is 10.7 Å². The molecule has 0 aliphatic carbocycles. The zero-order chi connectivity index (χ0) is 7.61. The van der Waals surface area contributed by atoms with Crippen molar-refractivity contribution in [2.24, 2.45) is 5.92 Å². The molecule has 0 unspecified atom stereocenters. The Morgan fingerprint density at radius 2 is 2.00 bits per heavy atom. The molecule has 10 heavy (non-hydrogen) atoms. The van der Waals surface area contributed by atoms with E-state index in [2.05, 4.69) is 6.92 Å². The molecule has 1 fully saturated rings. The summed E-state index contributed by atoms with van der Waals surface area (Å²) < 4.78 is 18.5. The van der Waals surface area contributed by atoms with E-state index in [0.29, 0.717) is 11.5 Å². The Morgan fingerprint density at radius 1 is 1.50 bits per heavy atom. The summed E-state index contributed by atoms with van der Waals surface area (Å²) in [7, 11) is -2.13. The van der Waals surface area contributed by atoms with Crippen LogP contribution in [-0.4, -0.2) is 15.7 Å². The van der Waals surface area contributed by atoms with Crippen molar-refractivity contribution < 1.29 is 4.21 Å². The van der Waals surface area contributed by atoms with Crippen LogP contribution in [0.2, 0.25) is 0 Å². The largest absolute Gasteiger partial charge is 0.253 e. The fourth-order valence-corrected chi connectivity index (χ4v) is 3.00. The van der Waals surface area contributed by atoms with Crippen molar-refractivity contribution in [2.75, 3.05) is 11.5 Å². The van der Waals surface area contributed by atoms with E-state index in [1.165, 1.54) is 6.42 Å². The van der Waals surface area contributed by atoms with Gasteiger partial charge in [0, 0.05) is 21.2 Å². The van der Waals surface area contributed by atoms with Gasteiger partial charge in [-0.1, -0.05) is 13.3 Å². The normalized spacial score (nSPS) is 41.5. The lowest BCUT2D eigenvalue weighted by Crippen LogP contribution is -2.21. The fraction of sp³-hybridized carbons (Fsp3) is 1.00. The summed E-state index contributed by atoms with van der Waals surface area (Å²) in [6, 6.07) is 0. The Labute approximate surface area is 63.0 Å². The van der Waals surface area contributed by atoms with Gasteiger partial charge in [0.1, 0.15) is 0 Å². The smallest absolute Gasteiger partial charge is 0.0441 e. The highest BCUT2D eigenvalue weighted by Crippen LogP contribution is 2.21. The maximum atomic E-state index is 11.1. The molecule has 1 heterocycles. The third kappa shape index (κ3) is 1.97. The van der Waals surface area contributed by atoms with Crippen LogP contribution in [0.3, 0.4) is 0 Å². The molecule has 0 saturated carbocycles. The van der Waals surface area contributed by atoms with Crippen LogP contribution < -0.4 is 0 Å². The summed E-state index contributed by atoms with van der Waals surface area (Å²) in [5.41, 5.74) is 0. The summed E-state index contributed by atoms with van der Waals surface area (Å²) in [5.74, 6) is 2.04. The van der Waals surface area contributed by atoms with E-state index >= 15 is 0 Å². The molecule has 0 aromatic carbocycles. The number of hydrogen-bond donors (Lipinski definition) is 1. The van der Waals surface area contributed by atoms with Crippen LogP contribution >= 0.6 is 0 Å². The van der Waals surface area contributed by atoms with E-state index in [9.17, 15) is 4.21 Å². The topological polar surface area (TPSA) is 40.9 Å². The Kier molecular flexibility index (Phi) is 2.34. The van der Waals surface area contributed by atoms with E-state index in [-0.39, 0.29) is 0 Å². The number of rotatable bonds is 1. The van der Waals surface area contributed by atoms with Gasteiger partial charge in [0.2, 0.25) is 0 Å². The van der Waals surface area contributed by atoms with Crippen molar-refractivity contribution in [1.29, 1.82) is 4.78 Å². The number of hydrogen-bond acceptors (Lipinski definition) is 2. The second-order valence-corrected chi connectivity index (χ2v) is 5.51. The van der Waals surface area contributed by atoms with Gasteiger partial charge in [-0.2, -0.15) is 0 Å². The summed E-state index contributed by atoms with van der Waals surface area (Å²) >= 11 is 0. The third-order valence-electron chi connectivity index (χ3n) is 2.29. The van der Waals surface area contributed by atoms with Gasteiger partial charge in [-0.3, -0.25) is 4.78 Å². The van der Waals surface area contributed by atoms with Crippen LogP contribution in [0.25, 0.3) is 0 Å². The Bertz CT molecular complexity index is 182. The van der Waals surface area contributed by atoms with Crippen LogP contribution in [0.1, 0.15) is 26.2 Å². The summed E-state index contributed by atoms with van der Waals surface area (Å²) in [5, 5.41) is 0. The first-order valence-electron chi connectivity index (χ1n) is 3.88. The standard InChI is InChI=1S/C7H15NOS/c1-2-7-3-5-10(8,9)6-4-7/h7-8H,2-6H2,1H3. The first-order valence-corrected chi connectivity index (χ1v) is 5.78. The molecule has 0 radical (unpaired) electrons. The van der Waals surface area contributed by atoms with Crippen molar-refractivity contribution in [3.63, 3.8) is 0 Å². The molecule has 1 rings (SSSR count). The van der Waals surface area contributed by atoms with Crippen molar-refractivity contribution in [2.45, 2.75) is 26.2 Å². The molecule has 60 valence electrons. The van der Waals surface area contributed by atoms with Gasteiger partial charge in [-0.05, 0) is 18.8 Å². The zero-order valence-electron chi connectivity index (χ0n) is 6.43. The highest BCUT2D eigenvalue weighted by Gasteiger charge is 2.18. The molecule has 0 atom stereocenters. The van der Waals surface area contributed by atoms with Gasteiger partial charge >= 0.3 is 0 Å². The van der Waals surface area contributed by atoms with Crippen molar-refractivity contribution in [1.82, 2.24) is 0 Å². The van der Waals surface area contributed by atoms with Gasteiger partial charge in [-0.25, -0.2) is 4.21 Å². The van der Waals surface area contributed by atoms with Crippen molar-refractivity contribution in [3.8, 4) is 0 Å². The molecule has 1 N–H and O–H groups in total. The summed E-state index contributed by atoms with van der Waals surface area (Å²) in [6.07, 6.45) is 3.22. The van der Waals surface area contributed by atoms with E-state index in [1.807, 2.05) is 0 Å². The molecule has 0 amide bonds. The minimum Gasteiger partial charge on any atom is -0.253 e. The first-order chi connectivity index (χ1) is 4.64. The molecule has 3 heteroatoms. The minimum atomic E-state index is -2.13. The van der Waals surface area contributed by atoms with Crippen LogP contribution in [0.5, 0.6) is 0 Å². The second kappa shape index (κ2) is 2.91. The quantitative estimate of drug-likeness (QED) is 0.626. The van der Waals surface area contributed by atoms with Crippen molar-refractivity contribution in [3.05, 3.63) is 0 Å². The Morgan fingerprint density at radius 3 is 2.40 bits per heavy atom. The molecular formula is C7H15NOS. The lowest BCUT2D eigenvalue weighted by Gasteiger charge is -2.21. The predicted octanol–water partition coefficient (Wildman–Crippen LogP) is 1.85. The van der Waals surface area contributed by atoms with E-state index in [1.54, 1.807) is 0 Å². The molecule has 2 nitrogen and oxygen atoms in total. The molecule has 0 spiro atoms. The SMILES string of the molecule is CCC1CCS(=N)(=O)CC1. The van der Waals surface area contributed by atoms with Gasteiger partial charge in [0.25, 0.3) is 0 Å².